The van der Waals surface area contributed by atoms with Gasteiger partial charge in [-0.25, -0.2) is 13.8 Å². The predicted octanol–water partition coefficient (Wildman–Crippen LogP) is 5.68. The molecule has 0 saturated carbocycles. The van der Waals surface area contributed by atoms with Crippen molar-refractivity contribution in [3.63, 3.8) is 0 Å². The maximum atomic E-state index is 13.5. The number of rotatable bonds is 2. The van der Waals surface area contributed by atoms with Crippen LogP contribution < -0.4 is 4.74 Å². The van der Waals surface area contributed by atoms with E-state index in [9.17, 15) is 18.8 Å². The van der Waals surface area contributed by atoms with Crippen molar-refractivity contribution in [2.75, 3.05) is 0 Å². The van der Waals surface area contributed by atoms with Gasteiger partial charge < -0.3 is 4.74 Å². The Hall–Kier alpha value is -4.37. The molecule has 154 valence electrons. The minimum absolute atomic E-state index is 0.144. The van der Waals surface area contributed by atoms with E-state index in [4.69, 9.17) is 4.74 Å². The monoisotopic (exact) mass is 424 g/mol. The molecule has 0 spiro atoms. The van der Waals surface area contributed by atoms with Crippen molar-refractivity contribution < 1.29 is 18.3 Å². The van der Waals surface area contributed by atoms with Gasteiger partial charge in [0.15, 0.2) is 17.4 Å². The summed E-state index contributed by atoms with van der Waals surface area (Å²) in [5.74, 6) is -1.62. The lowest BCUT2D eigenvalue weighted by molar-refractivity contribution is 0.103. The summed E-state index contributed by atoms with van der Waals surface area (Å²) in [5.41, 5.74) is 3.51. The van der Waals surface area contributed by atoms with Crippen LogP contribution in [0.15, 0.2) is 60.7 Å². The summed E-state index contributed by atoms with van der Waals surface area (Å²) < 4.78 is 32.7. The third-order valence-electron chi connectivity index (χ3n) is 5.36. The molecular formula is C26H14F2N2O2. The summed E-state index contributed by atoms with van der Waals surface area (Å²) >= 11 is 0. The molecule has 6 heteroatoms. The molecule has 1 aliphatic heterocycles. The van der Waals surface area contributed by atoms with Gasteiger partial charge in [-0.3, -0.25) is 4.79 Å². The van der Waals surface area contributed by atoms with Crippen molar-refractivity contribution in [2.45, 2.75) is 6.61 Å². The number of aromatic nitrogens is 1. The van der Waals surface area contributed by atoms with Crippen LogP contribution in [0.3, 0.4) is 0 Å². The molecule has 0 amide bonds. The second-order valence-corrected chi connectivity index (χ2v) is 7.35. The zero-order chi connectivity index (χ0) is 22.2. The maximum Gasteiger partial charge on any atom is 0.197 e. The van der Waals surface area contributed by atoms with Crippen LogP contribution in [-0.4, -0.2) is 10.8 Å². The third kappa shape index (κ3) is 3.40. The second-order valence-electron chi connectivity index (χ2n) is 7.35. The van der Waals surface area contributed by atoms with Crippen molar-refractivity contribution in [1.29, 1.82) is 5.26 Å². The Labute approximate surface area is 182 Å². The van der Waals surface area contributed by atoms with Crippen LogP contribution in [0.25, 0.3) is 23.1 Å². The zero-order valence-electron chi connectivity index (χ0n) is 16.6. The minimum Gasteiger partial charge on any atom is -0.488 e. The number of nitriles is 1. The molecule has 0 fully saturated rings. The number of fused-ring (bicyclic) bond motifs is 3. The number of carbonyl (C=O) groups is 1. The number of hydrogen-bond donors (Lipinski definition) is 0. The molecule has 1 aromatic heterocycles. The van der Waals surface area contributed by atoms with Gasteiger partial charge in [0, 0.05) is 22.6 Å². The van der Waals surface area contributed by atoms with Crippen molar-refractivity contribution in [3.05, 3.63) is 106 Å². The Bertz CT molecular complexity index is 1490. The normalized spacial score (nSPS) is 12.7. The lowest BCUT2D eigenvalue weighted by atomic mass is 9.95. The Morgan fingerprint density at radius 1 is 0.969 bits per heavy atom. The van der Waals surface area contributed by atoms with E-state index in [1.54, 1.807) is 60.7 Å². The van der Waals surface area contributed by atoms with Gasteiger partial charge in [0.2, 0.25) is 0 Å². The number of pyridine rings is 1. The maximum absolute atomic E-state index is 13.5. The second kappa shape index (κ2) is 7.71. The SMILES string of the molecule is N#Cc1cccc2c1COc1ccc(C=Cc3ccc4cc(F)c(F)cc4n3)cc1C2=O. The van der Waals surface area contributed by atoms with E-state index >= 15 is 0 Å². The standard InChI is InChI=1S/C26H14F2N2O2/c27-22-11-16-6-8-18(30-24(16)12-23(22)28)7-4-15-5-9-25-20(10-15)26(31)19-3-1-2-17(13-29)21(19)14-32-25/h1-12H,14H2. The summed E-state index contributed by atoms with van der Waals surface area (Å²) in [7, 11) is 0. The largest absolute Gasteiger partial charge is 0.488 e. The van der Waals surface area contributed by atoms with Gasteiger partial charge >= 0.3 is 0 Å². The third-order valence-corrected chi connectivity index (χ3v) is 5.36. The van der Waals surface area contributed by atoms with Crippen LogP contribution in [-0.2, 0) is 6.61 Å². The molecule has 32 heavy (non-hydrogen) atoms. The van der Waals surface area contributed by atoms with Crippen LogP contribution in [0.5, 0.6) is 5.75 Å². The van der Waals surface area contributed by atoms with Crippen molar-refractivity contribution in [1.82, 2.24) is 4.98 Å². The quantitative estimate of drug-likeness (QED) is 0.415. The zero-order valence-corrected chi connectivity index (χ0v) is 16.6. The lowest BCUT2D eigenvalue weighted by Gasteiger charge is -2.07. The summed E-state index contributed by atoms with van der Waals surface area (Å²) in [6.45, 7) is 0.144. The molecule has 0 bridgehead atoms. The van der Waals surface area contributed by atoms with Crippen LogP contribution in [0, 0.1) is 23.0 Å². The van der Waals surface area contributed by atoms with Gasteiger partial charge in [-0.05, 0) is 42.0 Å². The Balaban J connectivity index is 1.49. The Morgan fingerprint density at radius 3 is 2.66 bits per heavy atom. The van der Waals surface area contributed by atoms with Crippen LogP contribution in [0.4, 0.5) is 8.78 Å². The van der Waals surface area contributed by atoms with Crippen LogP contribution >= 0.6 is 0 Å². The fourth-order valence-electron chi connectivity index (χ4n) is 3.72. The molecule has 0 saturated heterocycles. The first-order valence-corrected chi connectivity index (χ1v) is 9.81. The fourth-order valence-corrected chi connectivity index (χ4v) is 3.72. The smallest absolute Gasteiger partial charge is 0.197 e. The molecule has 0 unspecified atom stereocenters. The lowest BCUT2D eigenvalue weighted by Crippen LogP contribution is -2.04. The summed E-state index contributed by atoms with van der Waals surface area (Å²) in [5, 5.41) is 9.84. The van der Waals surface area contributed by atoms with E-state index in [0.717, 1.165) is 17.7 Å². The van der Waals surface area contributed by atoms with Gasteiger partial charge in [-0.2, -0.15) is 5.26 Å². The van der Waals surface area contributed by atoms with Crippen molar-refractivity contribution >= 4 is 28.8 Å². The highest BCUT2D eigenvalue weighted by molar-refractivity contribution is 6.12. The average Bonchev–Trinajstić information content (AvgIpc) is 2.95. The van der Waals surface area contributed by atoms with Gasteiger partial charge in [-0.15, -0.1) is 0 Å². The van der Waals surface area contributed by atoms with Gasteiger partial charge in [0.25, 0.3) is 0 Å². The van der Waals surface area contributed by atoms with E-state index in [-0.39, 0.29) is 12.4 Å². The summed E-state index contributed by atoms with van der Waals surface area (Å²) in [4.78, 5) is 17.5. The molecule has 0 N–H and O–H groups in total. The molecule has 0 radical (unpaired) electrons. The van der Waals surface area contributed by atoms with Gasteiger partial charge in [0.1, 0.15) is 12.4 Å². The number of ether oxygens (including phenoxy) is 1. The molecule has 0 atom stereocenters. The molecule has 0 aliphatic carbocycles. The van der Waals surface area contributed by atoms with E-state index in [1.807, 2.05) is 0 Å². The van der Waals surface area contributed by atoms with E-state index < -0.39 is 11.6 Å². The first-order chi connectivity index (χ1) is 15.5. The molecular weight excluding hydrogens is 410 g/mol. The summed E-state index contributed by atoms with van der Waals surface area (Å²) in [6.07, 6.45) is 3.51. The highest BCUT2D eigenvalue weighted by Gasteiger charge is 2.24. The van der Waals surface area contributed by atoms with Crippen LogP contribution in [0.2, 0.25) is 0 Å². The number of hydrogen-bond acceptors (Lipinski definition) is 4. The molecule has 5 rings (SSSR count). The minimum atomic E-state index is -0.949. The molecule has 3 aromatic carbocycles. The number of carbonyl (C=O) groups excluding carboxylic acids is 1. The number of nitrogens with zero attached hydrogens (tertiary/aromatic N) is 2. The van der Waals surface area contributed by atoms with E-state index in [1.165, 1.54) is 0 Å². The molecule has 4 nitrogen and oxygen atoms in total. The van der Waals surface area contributed by atoms with Crippen molar-refractivity contribution in [2.24, 2.45) is 0 Å². The topological polar surface area (TPSA) is 63.0 Å². The highest BCUT2D eigenvalue weighted by Crippen LogP contribution is 2.31. The van der Waals surface area contributed by atoms with E-state index in [0.29, 0.717) is 44.6 Å². The fraction of sp³-hybridized carbons (Fsp3) is 0.0385. The first-order valence-electron chi connectivity index (χ1n) is 9.81. The number of ketones is 1. The van der Waals surface area contributed by atoms with E-state index in [2.05, 4.69) is 11.1 Å². The molecule has 1 aliphatic rings. The average molecular weight is 424 g/mol. The summed E-state index contributed by atoms with van der Waals surface area (Å²) in [6, 6.07) is 17.9. The molecule has 4 aromatic rings. The van der Waals surface area contributed by atoms with Gasteiger partial charge in [0.05, 0.1) is 28.4 Å². The number of benzene rings is 3. The Kier molecular flexibility index (Phi) is 4.72. The highest BCUT2D eigenvalue weighted by atomic mass is 19.2. The van der Waals surface area contributed by atoms with Crippen molar-refractivity contribution in [3.8, 4) is 11.8 Å². The predicted molar refractivity (Wildman–Crippen MR) is 116 cm³/mol. The van der Waals surface area contributed by atoms with Gasteiger partial charge in [-0.1, -0.05) is 30.3 Å². The van der Waals surface area contributed by atoms with Crippen LogP contribution in [0.1, 0.15) is 38.3 Å². The molecule has 2 heterocycles. The first kappa shape index (κ1) is 19.6. The number of halogens is 2. The Morgan fingerprint density at radius 2 is 1.81 bits per heavy atom.